The van der Waals surface area contributed by atoms with Crippen molar-refractivity contribution in [3.05, 3.63) is 35.2 Å². The molecular formula is C17H18ClF2N3O3S. The normalized spacial score (nSPS) is 17.8. The number of amides is 1. The molecule has 2 N–H and O–H groups in total. The average molecular weight is 418 g/mol. The Morgan fingerprint density at radius 2 is 2.07 bits per heavy atom. The van der Waals surface area contributed by atoms with Crippen molar-refractivity contribution in [2.24, 2.45) is 0 Å². The SMILES string of the molecule is COC(=O)Cc1sc(NC(=O)C2CC(F)(F)CN2)nc1-c1ccccc1.Cl. The zero-order chi connectivity index (χ0) is 18.7. The molecule has 0 saturated carbocycles. The number of rotatable bonds is 5. The third kappa shape index (κ3) is 5.21. The highest BCUT2D eigenvalue weighted by atomic mass is 35.5. The Morgan fingerprint density at radius 1 is 1.37 bits per heavy atom. The van der Waals surface area contributed by atoms with Crippen molar-refractivity contribution in [1.29, 1.82) is 0 Å². The first kappa shape index (κ1) is 21.2. The van der Waals surface area contributed by atoms with Crippen molar-refractivity contribution in [1.82, 2.24) is 10.3 Å². The van der Waals surface area contributed by atoms with E-state index in [1.54, 1.807) is 0 Å². The van der Waals surface area contributed by atoms with Crippen LogP contribution in [0, 0.1) is 0 Å². The van der Waals surface area contributed by atoms with Crippen LogP contribution in [0.3, 0.4) is 0 Å². The summed E-state index contributed by atoms with van der Waals surface area (Å²) in [5.41, 5.74) is 1.34. The minimum absolute atomic E-state index is 0. The molecule has 1 aromatic carbocycles. The molecule has 1 aliphatic rings. The van der Waals surface area contributed by atoms with E-state index in [4.69, 9.17) is 4.74 Å². The summed E-state index contributed by atoms with van der Waals surface area (Å²) >= 11 is 1.13. The van der Waals surface area contributed by atoms with Crippen molar-refractivity contribution in [2.75, 3.05) is 19.0 Å². The number of methoxy groups -OCH3 is 1. The molecule has 0 spiro atoms. The summed E-state index contributed by atoms with van der Waals surface area (Å²) in [6.45, 7) is -0.522. The molecule has 6 nitrogen and oxygen atoms in total. The second-order valence-corrected chi connectivity index (χ2v) is 6.98. The number of carbonyl (C=O) groups excluding carboxylic acids is 2. The number of carbonyl (C=O) groups is 2. The Balaban J connectivity index is 0.00000261. The van der Waals surface area contributed by atoms with E-state index in [0.29, 0.717) is 10.6 Å². The van der Waals surface area contributed by atoms with Gasteiger partial charge in [0.2, 0.25) is 5.91 Å². The fraction of sp³-hybridized carbons (Fsp3) is 0.353. The van der Waals surface area contributed by atoms with Gasteiger partial charge in [-0.15, -0.1) is 23.7 Å². The summed E-state index contributed by atoms with van der Waals surface area (Å²) in [6.07, 6.45) is -0.543. The second-order valence-electron chi connectivity index (χ2n) is 5.89. The summed E-state index contributed by atoms with van der Waals surface area (Å²) in [5.74, 6) is -3.89. The molecule has 2 heterocycles. The number of anilines is 1. The van der Waals surface area contributed by atoms with E-state index in [9.17, 15) is 18.4 Å². The Hall–Kier alpha value is -2.10. The lowest BCUT2D eigenvalue weighted by molar-refractivity contribution is -0.139. The molecule has 0 aliphatic carbocycles. The summed E-state index contributed by atoms with van der Waals surface area (Å²) in [6, 6.07) is 8.21. The van der Waals surface area contributed by atoms with Crippen molar-refractivity contribution in [3.63, 3.8) is 0 Å². The van der Waals surface area contributed by atoms with Gasteiger partial charge in [-0.3, -0.25) is 14.9 Å². The highest BCUT2D eigenvalue weighted by Gasteiger charge is 2.42. The minimum Gasteiger partial charge on any atom is -0.469 e. The number of benzene rings is 1. The predicted molar refractivity (Wildman–Crippen MR) is 101 cm³/mol. The molecule has 3 rings (SSSR count). The van der Waals surface area contributed by atoms with Crippen molar-refractivity contribution >= 4 is 40.8 Å². The number of esters is 1. The third-order valence-corrected chi connectivity index (χ3v) is 4.90. The molecule has 0 bridgehead atoms. The molecular weight excluding hydrogens is 400 g/mol. The number of hydrogen-bond acceptors (Lipinski definition) is 6. The van der Waals surface area contributed by atoms with Crippen LogP contribution in [0.15, 0.2) is 30.3 Å². The molecule has 1 unspecified atom stereocenters. The highest BCUT2D eigenvalue weighted by molar-refractivity contribution is 7.16. The van der Waals surface area contributed by atoms with E-state index >= 15 is 0 Å². The minimum atomic E-state index is -2.89. The molecule has 1 atom stereocenters. The molecule has 1 aromatic heterocycles. The Bertz CT molecular complexity index is 817. The van der Waals surface area contributed by atoms with E-state index in [0.717, 1.165) is 16.9 Å². The molecule has 1 amide bonds. The van der Waals surface area contributed by atoms with Gasteiger partial charge in [-0.05, 0) is 0 Å². The van der Waals surface area contributed by atoms with Crippen LogP contribution in [-0.2, 0) is 20.7 Å². The molecule has 27 heavy (non-hydrogen) atoms. The van der Waals surface area contributed by atoms with Crippen LogP contribution >= 0.6 is 23.7 Å². The lowest BCUT2D eigenvalue weighted by Gasteiger charge is -2.09. The van der Waals surface area contributed by atoms with Crippen LogP contribution in [0.25, 0.3) is 11.3 Å². The zero-order valence-corrected chi connectivity index (χ0v) is 16.0. The standard InChI is InChI=1S/C17H17F2N3O3S.ClH/c1-25-13(23)7-12-14(10-5-3-2-4-6-10)21-16(26-12)22-15(24)11-8-17(18,19)9-20-11;/h2-6,11,20H,7-9H2,1H3,(H,21,22,24);1H. The summed E-state index contributed by atoms with van der Waals surface area (Å²) in [4.78, 5) is 28.9. The van der Waals surface area contributed by atoms with Crippen LogP contribution in [0.2, 0.25) is 0 Å². The molecule has 2 aromatic rings. The first-order valence-electron chi connectivity index (χ1n) is 7.92. The van der Waals surface area contributed by atoms with Crippen LogP contribution in [0.5, 0.6) is 0 Å². The number of halogens is 3. The fourth-order valence-corrected chi connectivity index (χ4v) is 3.62. The van der Waals surface area contributed by atoms with Gasteiger partial charge in [-0.1, -0.05) is 30.3 Å². The first-order valence-corrected chi connectivity index (χ1v) is 8.73. The van der Waals surface area contributed by atoms with Crippen molar-refractivity contribution < 1.29 is 23.1 Å². The number of hydrogen-bond donors (Lipinski definition) is 2. The molecule has 146 valence electrons. The van der Waals surface area contributed by atoms with Gasteiger partial charge in [0, 0.05) is 16.9 Å². The van der Waals surface area contributed by atoms with E-state index < -0.39 is 36.8 Å². The zero-order valence-electron chi connectivity index (χ0n) is 14.3. The molecule has 1 aliphatic heterocycles. The maximum absolute atomic E-state index is 13.3. The number of thiazole rings is 1. The van der Waals surface area contributed by atoms with Gasteiger partial charge < -0.3 is 10.1 Å². The highest BCUT2D eigenvalue weighted by Crippen LogP contribution is 2.32. The quantitative estimate of drug-likeness (QED) is 0.731. The van der Waals surface area contributed by atoms with E-state index in [2.05, 4.69) is 15.6 Å². The van der Waals surface area contributed by atoms with E-state index in [-0.39, 0.29) is 24.0 Å². The topological polar surface area (TPSA) is 80.3 Å². The average Bonchev–Trinajstić information content (AvgIpc) is 3.18. The lowest BCUT2D eigenvalue weighted by Crippen LogP contribution is -2.35. The number of ether oxygens (including phenoxy) is 1. The van der Waals surface area contributed by atoms with Gasteiger partial charge in [0.15, 0.2) is 5.13 Å². The van der Waals surface area contributed by atoms with E-state index in [1.807, 2.05) is 30.3 Å². The van der Waals surface area contributed by atoms with Crippen LogP contribution < -0.4 is 10.6 Å². The number of alkyl halides is 2. The van der Waals surface area contributed by atoms with Gasteiger partial charge in [0.25, 0.3) is 5.92 Å². The van der Waals surface area contributed by atoms with Gasteiger partial charge >= 0.3 is 5.97 Å². The van der Waals surface area contributed by atoms with Crippen molar-refractivity contribution in [3.8, 4) is 11.3 Å². The maximum atomic E-state index is 13.3. The smallest absolute Gasteiger partial charge is 0.310 e. The predicted octanol–water partition coefficient (Wildman–Crippen LogP) is 2.88. The molecule has 0 radical (unpaired) electrons. The number of nitrogens with zero attached hydrogens (tertiary/aromatic N) is 1. The first-order chi connectivity index (χ1) is 12.4. The van der Waals surface area contributed by atoms with Gasteiger partial charge in [-0.2, -0.15) is 0 Å². The third-order valence-electron chi connectivity index (χ3n) is 3.93. The van der Waals surface area contributed by atoms with Gasteiger partial charge in [-0.25, -0.2) is 13.8 Å². The maximum Gasteiger partial charge on any atom is 0.310 e. The Morgan fingerprint density at radius 3 is 2.67 bits per heavy atom. The Kier molecular flexibility index (Phi) is 6.85. The monoisotopic (exact) mass is 417 g/mol. The molecule has 1 fully saturated rings. The number of nitrogens with one attached hydrogen (secondary N) is 2. The van der Waals surface area contributed by atoms with Crippen molar-refractivity contribution in [2.45, 2.75) is 24.8 Å². The summed E-state index contributed by atoms with van der Waals surface area (Å²) in [5, 5.41) is 5.32. The van der Waals surface area contributed by atoms with Gasteiger partial charge in [0.1, 0.15) is 0 Å². The largest absolute Gasteiger partial charge is 0.469 e. The molecule has 1 saturated heterocycles. The molecule has 10 heteroatoms. The fourth-order valence-electron chi connectivity index (χ4n) is 2.64. The number of aromatic nitrogens is 1. The van der Waals surface area contributed by atoms with Gasteiger partial charge in [0.05, 0.1) is 31.8 Å². The Labute approximate surface area is 164 Å². The lowest BCUT2D eigenvalue weighted by atomic mass is 10.1. The summed E-state index contributed by atoms with van der Waals surface area (Å²) < 4.78 is 31.2. The van der Waals surface area contributed by atoms with Crippen LogP contribution in [0.1, 0.15) is 11.3 Å². The van der Waals surface area contributed by atoms with Crippen LogP contribution in [-0.4, -0.2) is 42.5 Å². The summed E-state index contributed by atoms with van der Waals surface area (Å²) in [7, 11) is 1.29. The second kappa shape index (κ2) is 8.73. The van der Waals surface area contributed by atoms with Crippen LogP contribution in [0.4, 0.5) is 13.9 Å². The van der Waals surface area contributed by atoms with E-state index in [1.165, 1.54) is 7.11 Å².